The third-order valence-corrected chi connectivity index (χ3v) is 4.70. The quantitative estimate of drug-likeness (QED) is 0.598. The molecule has 0 saturated carbocycles. The number of carbonyl (C=O) groups excluding carboxylic acids is 2. The molecule has 1 aromatic carbocycles. The van der Waals surface area contributed by atoms with E-state index in [0.29, 0.717) is 0 Å². The molecule has 1 saturated heterocycles. The molecule has 8 nitrogen and oxygen atoms in total. The van der Waals surface area contributed by atoms with Crippen molar-refractivity contribution in [3.8, 4) is 18.1 Å². The standard InChI is InChI=1S/C16H15FN4O4S/c1-4-5-20-11-7-10(9(17)6-12(11)25-8-13(20)22)21-14(23)18(2)16(26)19(3)15(21)24/h1,6-7,14,23H,5,8H2,2-3H3. The largest absolute Gasteiger partial charge is 0.481 e. The van der Waals surface area contributed by atoms with Crippen LogP contribution in [0.1, 0.15) is 0 Å². The van der Waals surface area contributed by atoms with Gasteiger partial charge in [-0.05, 0) is 18.3 Å². The minimum Gasteiger partial charge on any atom is -0.481 e. The van der Waals surface area contributed by atoms with E-state index in [-0.39, 0.29) is 35.4 Å². The van der Waals surface area contributed by atoms with Gasteiger partial charge in [0.1, 0.15) is 5.75 Å². The zero-order chi connectivity index (χ0) is 19.2. The van der Waals surface area contributed by atoms with Gasteiger partial charge in [0.25, 0.3) is 5.91 Å². The van der Waals surface area contributed by atoms with Crippen molar-refractivity contribution in [2.45, 2.75) is 6.35 Å². The van der Waals surface area contributed by atoms with Gasteiger partial charge in [-0.15, -0.1) is 6.42 Å². The average Bonchev–Trinajstić information content (AvgIpc) is 2.62. The van der Waals surface area contributed by atoms with Crippen molar-refractivity contribution in [2.24, 2.45) is 0 Å². The Bertz CT molecular complexity index is 855. The number of nitrogens with zero attached hydrogens (tertiary/aromatic N) is 4. The van der Waals surface area contributed by atoms with Crippen LogP contribution in [0.5, 0.6) is 5.75 Å². The van der Waals surface area contributed by atoms with Gasteiger partial charge in [-0.25, -0.2) is 14.1 Å². The fourth-order valence-electron chi connectivity index (χ4n) is 2.74. The molecule has 2 aliphatic rings. The van der Waals surface area contributed by atoms with E-state index in [2.05, 4.69) is 5.92 Å². The summed E-state index contributed by atoms with van der Waals surface area (Å²) in [5.41, 5.74) is -0.0168. The predicted molar refractivity (Wildman–Crippen MR) is 95.1 cm³/mol. The van der Waals surface area contributed by atoms with Crippen LogP contribution in [0.4, 0.5) is 20.6 Å². The maximum absolute atomic E-state index is 14.7. The highest BCUT2D eigenvalue weighted by Gasteiger charge is 2.40. The van der Waals surface area contributed by atoms with Crippen LogP contribution < -0.4 is 14.5 Å². The highest BCUT2D eigenvalue weighted by molar-refractivity contribution is 7.80. The van der Waals surface area contributed by atoms with Crippen molar-refractivity contribution in [2.75, 3.05) is 37.0 Å². The van der Waals surface area contributed by atoms with Crippen LogP contribution in [0.25, 0.3) is 0 Å². The monoisotopic (exact) mass is 378 g/mol. The molecule has 2 aliphatic heterocycles. The van der Waals surface area contributed by atoms with Gasteiger partial charge in [0.15, 0.2) is 17.5 Å². The number of hydrogen-bond donors (Lipinski definition) is 1. The third-order valence-electron chi connectivity index (χ3n) is 4.14. The van der Waals surface area contributed by atoms with Gasteiger partial charge in [0.05, 0.1) is 17.9 Å². The molecule has 136 valence electrons. The number of anilines is 2. The van der Waals surface area contributed by atoms with E-state index >= 15 is 0 Å². The molecule has 0 spiro atoms. The lowest BCUT2D eigenvalue weighted by molar-refractivity contribution is -0.121. The summed E-state index contributed by atoms with van der Waals surface area (Å²) in [6.07, 6.45) is 3.78. The number of amides is 3. The molecule has 1 unspecified atom stereocenters. The van der Waals surface area contributed by atoms with Gasteiger partial charge in [-0.1, -0.05) is 5.92 Å². The summed E-state index contributed by atoms with van der Waals surface area (Å²) in [5.74, 6) is 1.28. The molecular formula is C16H15FN4O4S. The van der Waals surface area contributed by atoms with Gasteiger partial charge in [-0.3, -0.25) is 14.6 Å². The number of aliphatic hydroxyl groups excluding tert-OH is 1. The fraction of sp³-hybridized carbons (Fsp3) is 0.312. The summed E-state index contributed by atoms with van der Waals surface area (Å²) in [6.45, 7) is -0.306. The van der Waals surface area contributed by atoms with Crippen molar-refractivity contribution < 1.29 is 23.8 Å². The lowest BCUT2D eigenvalue weighted by atomic mass is 10.1. The first-order chi connectivity index (χ1) is 12.3. The van der Waals surface area contributed by atoms with Crippen molar-refractivity contribution in [3.63, 3.8) is 0 Å². The van der Waals surface area contributed by atoms with E-state index < -0.39 is 24.1 Å². The normalized spacial score (nSPS) is 20.1. The summed E-state index contributed by atoms with van der Waals surface area (Å²) in [4.78, 5) is 29.0. The number of hydrogen-bond acceptors (Lipinski definition) is 5. The van der Waals surface area contributed by atoms with Gasteiger partial charge in [0.2, 0.25) is 6.35 Å². The molecule has 3 rings (SSSR count). The van der Waals surface area contributed by atoms with Crippen LogP contribution in [0.15, 0.2) is 12.1 Å². The lowest BCUT2D eigenvalue weighted by Gasteiger charge is -2.44. The predicted octanol–water partition coefficient (Wildman–Crippen LogP) is 0.549. The highest BCUT2D eigenvalue weighted by Crippen LogP contribution is 2.39. The van der Waals surface area contributed by atoms with Crippen molar-refractivity contribution in [1.29, 1.82) is 0 Å². The van der Waals surface area contributed by atoms with E-state index in [1.165, 1.54) is 30.0 Å². The number of fused-ring (bicyclic) bond motifs is 1. The molecule has 1 atom stereocenters. The number of ether oxygens (including phenoxy) is 1. The molecule has 1 N–H and O–H groups in total. The Morgan fingerprint density at radius 2 is 2.08 bits per heavy atom. The summed E-state index contributed by atoms with van der Waals surface area (Å²) < 4.78 is 19.9. The van der Waals surface area contributed by atoms with Crippen molar-refractivity contribution >= 4 is 40.6 Å². The zero-order valence-corrected chi connectivity index (χ0v) is 14.8. The summed E-state index contributed by atoms with van der Waals surface area (Å²) in [7, 11) is 2.88. The molecular weight excluding hydrogens is 363 g/mol. The Morgan fingerprint density at radius 1 is 1.38 bits per heavy atom. The van der Waals surface area contributed by atoms with E-state index in [1.807, 2.05) is 0 Å². The van der Waals surface area contributed by atoms with Gasteiger partial charge >= 0.3 is 6.03 Å². The molecule has 0 aliphatic carbocycles. The van der Waals surface area contributed by atoms with Gasteiger partial charge in [-0.2, -0.15) is 0 Å². The molecule has 3 amide bonds. The molecule has 1 aromatic rings. The van der Waals surface area contributed by atoms with Gasteiger partial charge in [0, 0.05) is 20.2 Å². The highest BCUT2D eigenvalue weighted by atomic mass is 32.1. The average molecular weight is 378 g/mol. The van der Waals surface area contributed by atoms with E-state index in [1.54, 1.807) is 0 Å². The third kappa shape index (κ3) is 2.61. The minimum absolute atomic E-state index is 0.0410. The molecule has 26 heavy (non-hydrogen) atoms. The SMILES string of the molecule is C#CCN1C(=O)COc2cc(F)c(N3C(=O)N(C)C(=S)N(C)C3O)cc21. The summed E-state index contributed by atoms with van der Waals surface area (Å²) in [5, 5.41) is 10.5. The first-order valence-corrected chi connectivity index (χ1v) is 7.90. The topological polar surface area (TPSA) is 76.6 Å². The molecule has 0 radical (unpaired) electrons. The molecule has 2 heterocycles. The molecule has 0 aromatic heterocycles. The summed E-state index contributed by atoms with van der Waals surface area (Å²) in [6, 6.07) is 1.58. The number of thiocarbonyl (C=S) groups is 1. The van der Waals surface area contributed by atoms with E-state index in [9.17, 15) is 19.1 Å². The van der Waals surface area contributed by atoms with E-state index in [4.69, 9.17) is 23.4 Å². The van der Waals surface area contributed by atoms with Crippen molar-refractivity contribution in [3.05, 3.63) is 17.9 Å². The van der Waals surface area contributed by atoms with Crippen LogP contribution in [-0.4, -0.2) is 65.6 Å². The second-order valence-electron chi connectivity index (χ2n) is 5.70. The fourth-order valence-corrected chi connectivity index (χ4v) is 2.91. The Hall–Kier alpha value is -2.90. The zero-order valence-electron chi connectivity index (χ0n) is 14.0. The van der Waals surface area contributed by atoms with Gasteiger partial charge < -0.3 is 14.7 Å². The Balaban J connectivity index is 2.11. The van der Waals surface area contributed by atoms with Crippen LogP contribution in [0, 0.1) is 18.2 Å². The molecule has 10 heteroatoms. The maximum atomic E-state index is 14.7. The lowest BCUT2D eigenvalue weighted by Crippen LogP contribution is -2.64. The number of terminal acetylenes is 1. The number of rotatable bonds is 2. The second-order valence-corrected chi connectivity index (χ2v) is 6.06. The second kappa shape index (κ2) is 6.44. The molecule has 1 fully saturated rings. The Morgan fingerprint density at radius 3 is 2.73 bits per heavy atom. The molecule has 0 bridgehead atoms. The smallest absolute Gasteiger partial charge is 0.334 e. The van der Waals surface area contributed by atoms with Crippen molar-refractivity contribution in [1.82, 2.24) is 9.80 Å². The number of halogens is 1. The Kier molecular flexibility index (Phi) is 4.43. The first kappa shape index (κ1) is 17.9. The first-order valence-electron chi connectivity index (χ1n) is 7.50. The number of carbonyl (C=O) groups is 2. The minimum atomic E-state index is -1.51. The number of benzene rings is 1. The van der Waals surface area contributed by atoms with E-state index in [0.717, 1.165) is 15.9 Å². The number of urea groups is 1. The van der Waals surface area contributed by atoms with Crippen LogP contribution in [-0.2, 0) is 4.79 Å². The van der Waals surface area contributed by atoms with Crippen LogP contribution in [0.2, 0.25) is 0 Å². The summed E-state index contributed by atoms with van der Waals surface area (Å²) >= 11 is 5.06. The van der Waals surface area contributed by atoms with Crippen LogP contribution in [0.3, 0.4) is 0 Å². The Labute approximate surface area is 154 Å². The maximum Gasteiger partial charge on any atom is 0.334 e. The number of aliphatic hydroxyl groups is 1. The van der Waals surface area contributed by atoms with Crippen LogP contribution >= 0.6 is 12.2 Å².